The molecule has 0 unspecified atom stereocenters. The number of rotatable bonds is 3. The van der Waals surface area contributed by atoms with Crippen molar-refractivity contribution >= 4 is 5.82 Å². The van der Waals surface area contributed by atoms with Crippen LogP contribution in [0.2, 0.25) is 0 Å². The molecule has 0 bridgehead atoms. The van der Waals surface area contributed by atoms with Crippen molar-refractivity contribution in [1.29, 1.82) is 0 Å². The molecule has 116 valence electrons. The number of aromatic nitrogens is 2. The van der Waals surface area contributed by atoms with Crippen molar-refractivity contribution in [2.45, 2.75) is 0 Å². The highest BCUT2D eigenvalue weighted by molar-refractivity contribution is 5.66. The Morgan fingerprint density at radius 2 is 1.78 bits per heavy atom. The Morgan fingerprint density at radius 3 is 2.52 bits per heavy atom. The van der Waals surface area contributed by atoms with Gasteiger partial charge in [-0.25, -0.2) is 9.97 Å². The Kier molecular flexibility index (Phi) is 3.78. The van der Waals surface area contributed by atoms with Crippen LogP contribution in [0, 0.1) is 0 Å². The van der Waals surface area contributed by atoms with Crippen LogP contribution in [0.3, 0.4) is 0 Å². The van der Waals surface area contributed by atoms with Crippen LogP contribution in [-0.2, 0) is 0 Å². The second-order valence-corrected chi connectivity index (χ2v) is 5.52. The largest absolute Gasteiger partial charge is 0.461 e. The minimum atomic E-state index is 0.630. The summed E-state index contributed by atoms with van der Waals surface area (Å²) in [5, 5.41) is 3.37. The Labute approximate surface area is 135 Å². The minimum absolute atomic E-state index is 0.630. The third kappa shape index (κ3) is 2.96. The summed E-state index contributed by atoms with van der Waals surface area (Å²) >= 11 is 0. The predicted octanol–water partition coefficient (Wildman–Crippen LogP) is 2.81. The lowest BCUT2D eigenvalue weighted by Gasteiger charge is -2.28. The van der Waals surface area contributed by atoms with Crippen molar-refractivity contribution < 1.29 is 4.42 Å². The van der Waals surface area contributed by atoms with E-state index in [9.17, 15) is 0 Å². The van der Waals surface area contributed by atoms with Gasteiger partial charge in [0.25, 0.3) is 0 Å². The molecule has 0 spiro atoms. The number of nitrogens with zero attached hydrogens (tertiary/aromatic N) is 3. The van der Waals surface area contributed by atoms with Gasteiger partial charge in [0.1, 0.15) is 5.82 Å². The van der Waals surface area contributed by atoms with Crippen LogP contribution in [-0.4, -0.2) is 36.1 Å². The van der Waals surface area contributed by atoms with E-state index in [-0.39, 0.29) is 0 Å². The van der Waals surface area contributed by atoms with Crippen LogP contribution in [0.5, 0.6) is 0 Å². The first-order valence-corrected chi connectivity index (χ1v) is 7.84. The number of hydrogen-bond acceptors (Lipinski definition) is 5. The van der Waals surface area contributed by atoms with Crippen molar-refractivity contribution in [2.75, 3.05) is 31.1 Å². The van der Waals surface area contributed by atoms with Crippen LogP contribution in [0.1, 0.15) is 0 Å². The zero-order valence-corrected chi connectivity index (χ0v) is 12.8. The Bertz CT molecular complexity index is 765. The molecule has 2 aromatic heterocycles. The lowest BCUT2D eigenvalue weighted by atomic mass is 10.1. The highest BCUT2D eigenvalue weighted by Crippen LogP contribution is 2.26. The van der Waals surface area contributed by atoms with Crippen LogP contribution in [0.4, 0.5) is 5.82 Å². The fourth-order valence-corrected chi connectivity index (χ4v) is 2.76. The maximum absolute atomic E-state index is 5.50. The number of furan rings is 1. The average Bonchev–Trinajstić information content (AvgIpc) is 3.18. The van der Waals surface area contributed by atoms with Crippen molar-refractivity contribution in [2.24, 2.45) is 0 Å². The highest BCUT2D eigenvalue weighted by Gasteiger charge is 2.16. The quantitative estimate of drug-likeness (QED) is 0.806. The van der Waals surface area contributed by atoms with Crippen molar-refractivity contribution in [3.05, 3.63) is 54.8 Å². The smallest absolute Gasteiger partial charge is 0.198 e. The lowest BCUT2D eigenvalue weighted by Crippen LogP contribution is -2.44. The van der Waals surface area contributed by atoms with Gasteiger partial charge in [0, 0.05) is 37.8 Å². The molecule has 4 rings (SSSR count). The molecular formula is C18H18N4O. The summed E-state index contributed by atoms with van der Waals surface area (Å²) in [6.07, 6.45) is 1.65. The SMILES string of the molecule is c1ccc(-c2cc(N3CCNCC3)nc(-c3ccco3)n2)cc1. The van der Waals surface area contributed by atoms with Gasteiger partial charge in [-0.05, 0) is 12.1 Å². The Morgan fingerprint density at radius 1 is 0.957 bits per heavy atom. The van der Waals surface area contributed by atoms with Crippen molar-refractivity contribution in [3.8, 4) is 22.8 Å². The second-order valence-electron chi connectivity index (χ2n) is 5.52. The molecule has 5 heteroatoms. The Hall–Kier alpha value is -2.66. The first-order chi connectivity index (χ1) is 11.4. The van der Waals surface area contributed by atoms with Crippen LogP contribution >= 0.6 is 0 Å². The molecule has 1 aliphatic heterocycles. The van der Waals surface area contributed by atoms with Crippen molar-refractivity contribution in [3.63, 3.8) is 0 Å². The molecule has 1 fully saturated rings. The Balaban J connectivity index is 1.80. The van der Waals surface area contributed by atoms with E-state index in [0.717, 1.165) is 43.3 Å². The third-order valence-electron chi connectivity index (χ3n) is 3.96. The number of benzene rings is 1. The van der Waals surface area contributed by atoms with Crippen LogP contribution in [0.15, 0.2) is 59.2 Å². The normalized spacial score (nSPS) is 14.9. The fourth-order valence-electron chi connectivity index (χ4n) is 2.76. The van der Waals surface area contributed by atoms with E-state index in [2.05, 4.69) is 28.4 Å². The molecule has 1 aromatic carbocycles. The molecule has 1 N–H and O–H groups in total. The molecule has 0 atom stereocenters. The molecule has 0 saturated carbocycles. The van der Waals surface area contributed by atoms with E-state index in [1.54, 1.807) is 6.26 Å². The highest BCUT2D eigenvalue weighted by atomic mass is 16.3. The van der Waals surface area contributed by atoms with Gasteiger partial charge in [-0.15, -0.1) is 0 Å². The summed E-state index contributed by atoms with van der Waals surface area (Å²) < 4.78 is 5.50. The minimum Gasteiger partial charge on any atom is -0.461 e. The summed E-state index contributed by atoms with van der Waals surface area (Å²) in [5.74, 6) is 2.27. The van der Waals surface area contributed by atoms with Gasteiger partial charge in [-0.1, -0.05) is 30.3 Å². The molecule has 1 aliphatic rings. The number of hydrogen-bond donors (Lipinski definition) is 1. The first kappa shape index (κ1) is 14.0. The lowest BCUT2D eigenvalue weighted by molar-refractivity contribution is 0.573. The topological polar surface area (TPSA) is 54.2 Å². The van der Waals surface area contributed by atoms with Gasteiger partial charge in [-0.2, -0.15) is 0 Å². The molecular weight excluding hydrogens is 288 g/mol. The van der Waals surface area contributed by atoms with Gasteiger partial charge in [0.15, 0.2) is 11.6 Å². The molecule has 1 saturated heterocycles. The molecule has 3 heterocycles. The van der Waals surface area contributed by atoms with Gasteiger partial charge in [0.05, 0.1) is 12.0 Å². The molecule has 0 amide bonds. The van der Waals surface area contributed by atoms with Gasteiger partial charge in [0.2, 0.25) is 0 Å². The maximum atomic E-state index is 5.50. The first-order valence-electron chi connectivity index (χ1n) is 7.84. The standard InChI is InChI=1S/C18H18N4O/c1-2-5-14(6-3-1)15-13-17(22-10-8-19-9-11-22)21-18(20-15)16-7-4-12-23-16/h1-7,12-13,19H,8-11H2. The van der Waals surface area contributed by atoms with E-state index in [1.165, 1.54) is 0 Å². The van der Waals surface area contributed by atoms with E-state index >= 15 is 0 Å². The zero-order chi connectivity index (χ0) is 15.5. The third-order valence-corrected chi connectivity index (χ3v) is 3.96. The number of nitrogens with one attached hydrogen (secondary N) is 1. The summed E-state index contributed by atoms with van der Waals surface area (Å²) in [6.45, 7) is 3.84. The molecule has 3 aromatic rings. The summed E-state index contributed by atoms with van der Waals surface area (Å²) in [7, 11) is 0. The second kappa shape index (κ2) is 6.22. The van der Waals surface area contributed by atoms with Gasteiger partial charge < -0.3 is 14.6 Å². The van der Waals surface area contributed by atoms with Crippen molar-refractivity contribution in [1.82, 2.24) is 15.3 Å². The fraction of sp³-hybridized carbons (Fsp3) is 0.222. The monoisotopic (exact) mass is 306 g/mol. The molecule has 23 heavy (non-hydrogen) atoms. The van der Waals surface area contributed by atoms with E-state index in [4.69, 9.17) is 14.4 Å². The number of piperazine rings is 1. The number of anilines is 1. The summed E-state index contributed by atoms with van der Waals surface area (Å²) in [5.41, 5.74) is 2.00. The van der Waals surface area contributed by atoms with Gasteiger partial charge >= 0.3 is 0 Å². The molecule has 0 radical (unpaired) electrons. The molecule has 5 nitrogen and oxygen atoms in total. The molecule has 0 aliphatic carbocycles. The van der Waals surface area contributed by atoms with E-state index in [0.29, 0.717) is 11.6 Å². The maximum Gasteiger partial charge on any atom is 0.198 e. The average molecular weight is 306 g/mol. The zero-order valence-electron chi connectivity index (χ0n) is 12.8. The predicted molar refractivity (Wildman–Crippen MR) is 90.3 cm³/mol. The van der Waals surface area contributed by atoms with Gasteiger partial charge in [-0.3, -0.25) is 0 Å². The van der Waals surface area contributed by atoms with Crippen LogP contribution < -0.4 is 10.2 Å². The van der Waals surface area contributed by atoms with E-state index in [1.807, 2.05) is 30.3 Å². The van der Waals surface area contributed by atoms with E-state index < -0.39 is 0 Å². The summed E-state index contributed by atoms with van der Waals surface area (Å²) in [6, 6.07) is 16.0. The van der Waals surface area contributed by atoms with Crippen LogP contribution in [0.25, 0.3) is 22.8 Å². The summed E-state index contributed by atoms with van der Waals surface area (Å²) in [4.78, 5) is 11.7.